The second kappa shape index (κ2) is 8.55. The third kappa shape index (κ3) is 4.77. The van der Waals surface area contributed by atoms with Crippen LogP contribution in [-0.4, -0.2) is 23.6 Å². The Kier molecular flexibility index (Phi) is 6.91. The lowest BCUT2D eigenvalue weighted by atomic mass is 10.1. The highest BCUT2D eigenvalue weighted by Crippen LogP contribution is 2.23. The molecule has 102 valence electrons. The summed E-state index contributed by atoms with van der Waals surface area (Å²) < 4.78 is 5.04. The number of nitrogens with two attached hydrogens (primary N) is 1. The van der Waals surface area contributed by atoms with E-state index in [4.69, 9.17) is 10.5 Å². The van der Waals surface area contributed by atoms with Crippen LogP contribution in [0.4, 0.5) is 11.5 Å². The van der Waals surface area contributed by atoms with Crippen LogP contribution in [0.25, 0.3) is 0 Å². The fraction of sp³-hybridized carbons (Fsp3) is 0.692. The fourth-order valence-corrected chi connectivity index (χ4v) is 1.80. The van der Waals surface area contributed by atoms with Gasteiger partial charge in [0.05, 0.1) is 7.11 Å². The van der Waals surface area contributed by atoms with Gasteiger partial charge in [-0.2, -0.15) is 4.98 Å². The van der Waals surface area contributed by atoms with Gasteiger partial charge in [-0.3, -0.25) is 0 Å². The predicted octanol–water partition coefficient (Wildman–Crippen LogP) is 2.84. The zero-order valence-corrected chi connectivity index (χ0v) is 11.4. The summed E-state index contributed by atoms with van der Waals surface area (Å²) in [6.45, 7) is 3.11. The van der Waals surface area contributed by atoms with E-state index < -0.39 is 0 Å². The highest BCUT2D eigenvalue weighted by Gasteiger charge is 2.06. The smallest absolute Gasteiger partial charge is 0.242 e. The van der Waals surface area contributed by atoms with Crippen LogP contribution in [0.2, 0.25) is 0 Å². The van der Waals surface area contributed by atoms with Crippen molar-refractivity contribution in [3.8, 4) is 5.88 Å². The number of hydrogen-bond donors (Lipinski definition) is 2. The molecule has 0 amide bonds. The van der Waals surface area contributed by atoms with E-state index >= 15 is 0 Å². The van der Waals surface area contributed by atoms with Gasteiger partial charge in [-0.05, 0) is 6.42 Å². The molecule has 3 N–H and O–H groups in total. The largest absolute Gasteiger partial charge is 0.479 e. The molecule has 0 aliphatic carbocycles. The molecule has 1 rings (SSSR count). The van der Waals surface area contributed by atoms with Crippen molar-refractivity contribution in [3.63, 3.8) is 0 Å². The van der Waals surface area contributed by atoms with Crippen molar-refractivity contribution in [1.29, 1.82) is 0 Å². The maximum Gasteiger partial charge on any atom is 0.242 e. The maximum absolute atomic E-state index is 5.86. The zero-order chi connectivity index (χ0) is 13.2. The van der Waals surface area contributed by atoms with E-state index in [2.05, 4.69) is 22.2 Å². The molecule has 0 atom stereocenters. The minimum absolute atomic E-state index is 0.426. The predicted molar refractivity (Wildman–Crippen MR) is 74.9 cm³/mol. The molecule has 0 aliphatic heterocycles. The first kappa shape index (κ1) is 14.5. The molecular weight excluding hydrogens is 228 g/mol. The Bertz CT molecular complexity index is 344. The van der Waals surface area contributed by atoms with Crippen LogP contribution in [-0.2, 0) is 0 Å². The number of rotatable bonds is 9. The number of anilines is 2. The zero-order valence-electron chi connectivity index (χ0n) is 11.4. The minimum Gasteiger partial charge on any atom is -0.479 e. The lowest BCUT2D eigenvalue weighted by Gasteiger charge is -2.09. The number of aromatic nitrogens is 2. The van der Waals surface area contributed by atoms with Crippen LogP contribution in [0, 0.1) is 0 Å². The van der Waals surface area contributed by atoms with Crippen molar-refractivity contribution in [2.75, 3.05) is 24.7 Å². The lowest BCUT2D eigenvalue weighted by molar-refractivity contribution is 0.399. The van der Waals surface area contributed by atoms with Crippen LogP contribution in [0.5, 0.6) is 5.88 Å². The first-order valence-corrected chi connectivity index (χ1v) is 6.68. The normalized spacial score (nSPS) is 10.3. The second-order valence-corrected chi connectivity index (χ2v) is 4.34. The Balaban J connectivity index is 2.23. The minimum atomic E-state index is 0.426. The van der Waals surface area contributed by atoms with Gasteiger partial charge in [0.15, 0.2) is 5.82 Å². The molecule has 0 saturated heterocycles. The molecule has 0 spiro atoms. The Morgan fingerprint density at radius 2 is 1.89 bits per heavy atom. The average molecular weight is 252 g/mol. The number of nitrogen functional groups attached to an aromatic ring is 1. The number of unbranched alkanes of at least 4 members (excludes halogenated alkanes) is 5. The monoisotopic (exact) mass is 252 g/mol. The number of ether oxygens (including phenoxy) is 1. The Morgan fingerprint density at radius 3 is 2.61 bits per heavy atom. The molecule has 0 saturated carbocycles. The standard InChI is InChI=1S/C13H24N4O/c1-3-4-5-6-7-8-9-15-12-11(14)13(18-2)17-10-16-12/h10H,3-9,14H2,1-2H3,(H,15,16,17). The maximum atomic E-state index is 5.86. The van der Waals surface area contributed by atoms with Gasteiger partial charge >= 0.3 is 0 Å². The molecule has 1 heterocycles. The van der Waals surface area contributed by atoms with Crippen molar-refractivity contribution in [2.45, 2.75) is 45.4 Å². The van der Waals surface area contributed by atoms with Gasteiger partial charge in [0.25, 0.3) is 0 Å². The van der Waals surface area contributed by atoms with Gasteiger partial charge in [-0.1, -0.05) is 39.0 Å². The van der Waals surface area contributed by atoms with E-state index in [1.807, 2.05) is 0 Å². The van der Waals surface area contributed by atoms with Gasteiger partial charge in [-0.15, -0.1) is 0 Å². The van der Waals surface area contributed by atoms with E-state index in [0.717, 1.165) is 13.0 Å². The summed E-state index contributed by atoms with van der Waals surface area (Å²) in [6.07, 6.45) is 9.10. The quantitative estimate of drug-likeness (QED) is 0.661. The van der Waals surface area contributed by atoms with E-state index in [1.54, 1.807) is 7.11 Å². The van der Waals surface area contributed by atoms with Gasteiger partial charge in [-0.25, -0.2) is 4.98 Å². The summed E-state index contributed by atoms with van der Waals surface area (Å²) in [6, 6.07) is 0. The summed E-state index contributed by atoms with van der Waals surface area (Å²) in [7, 11) is 1.55. The van der Waals surface area contributed by atoms with Crippen LogP contribution in [0.1, 0.15) is 45.4 Å². The molecule has 0 fully saturated rings. The van der Waals surface area contributed by atoms with Gasteiger partial charge in [0.2, 0.25) is 5.88 Å². The lowest BCUT2D eigenvalue weighted by Crippen LogP contribution is -2.08. The highest BCUT2D eigenvalue weighted by molar-refractivity contribution is 5.66. The molecule has 1 aromatic rings. The third-order valence-electron chi connectivity index (χ3n) is 2.86. The summed E-state index contributed by atoms with van der Waals surface area (Å²) in [5, 5.41) is 3.22. The number of nitrogens with zero attached hydrogens (tertiary/aromatic N) is 2. The van der Waals surface area contributed by atoms with E-state index in [-0.39, 0.29) is 0 Å². The first-order valence-electron chi connectivity index (χ1n) is 6.68. The summed E-state index contributed by atoms with van der Waals surface area (Å²) >= 11 is 0. The van der Waals surface area contributed by atoms with Gasteiger partial charge in [0, 0.05) is 6.54 Å². The topological polar surface area (TPSA) is 73.1 Å². The third-order valence-corrected chi connectivity index (χ3v) is 2.86. The van der Waals surface area contributed by atoms with Crippen LogP contribution < -0.4 is 15.8 Å². The van der Waals surface area contributed by atoms with Crippen molar-refractivity contribution in [2.24, 2.45) is 0 Å². The molecule has 0 radical (unpaired) electrons. The molecule has 0 unspecified atom stereocenters. The Hall–Kier alpha value is -1.52. The number of hydrogen-bond acceptors (Lipinski definition) is 5. The van der Waals surface area contributed by atoms with Crippen molar-refractivity contribution in [1.82, 2.24) is 9.97 Å². The Labute approximate surface area is 109 Å². The first-order chi connectivity index (χ1) is 8.79. The number of methoxy groups -OCH3 is 1. The SMILES string of the molecule is CCCCCCCCNc1ncnc(OC)c1N. The molecule has 1 aromatic heterocycles. The van der Waals surface area contributed by atoms with Crippen molar-refractivity contribution < 1.29 is 4.74 Å². The van der Waals surface area contributed by atoms with Crippen LogP contribution in [0.15, 0.2) is 6.33 Å². The van der Waals surface area contributed by atoms with Gasteiger partial charge < -0.3 is 15.8 Å². The molecule has 18 heavy (non-hydrogen) atoms. The summed E-state index contributed by atoms with van der Waals surface area (Å²) in [5.74, 6) is 1.09. The van der Waals surface area contributed by atoms with E-state index in [9.17, 15) is 0 Å². The molecule has 0 aromatic carbocycles. The summed E-state index contributed by atoms with van der Waals surface area (Å²) in [5.41, 5.74) is 6.34. The second-order valence-electron chi connectivity index (χ2n) is 4.34. The van der Waals surface area contributed by atoms with E-state index in [0.29, 0.717) is 17.4 Å². The highest BCUT2D eigenvalue weighted by atomic mass is 16.5. The summed E-state index contributed by atoms with van der Waals surface area (Å²) in [4.78, 5) is 8.04. The number of nitrogens with one attached hydrogen (secondary N) is 1. The van der Waals surface area contributed by atoms with Crippen molar-refractivity contribution >= 4 is 11.5 Å². The Morgan fingerprint density at radius 1 is 1.17 bits per heavy atom. The van der Waals surface area contributed by atoms with Crippen LogP contribution in [0.3, 0.4) is 0 Å². The van der Waals surface area contributed by atoms with Crippen molar-refractivity contribution in [3.05, 3.63) is 6.33 Å². The molecular formula is C13H24N4O. The average Bonchev–Trinajstić information content (AvgIpc) is 2.39. The molecule has 5 heteroatoms. The fourth-order valence-electron chi connectivity index (χ4n) is 1.80. The van der Waals surface area contributed by atoms with Gasteiger partial charge in [0.1, 0.15) is 12.0 Å². The molecule has 0 bridgehead atoms. The van der Waals surface area contributed by atoms with Crippen LogP contribution >= 0.6 is 0 Å². The van der Waals surface area contributed by atoms with E-state index in [1.165, 1.54) is 38.4 Å². The molecule has 0 aliphatic rings. The molecule has 5 nitrogen and oxygen atoms in total.